The first-order chi connectivity index (χ1) is 12.5. The van der Waals surface area contributed by atoms with E-state index >= 15 is 0 Å². The van der Waals surface area contributed by atoms with Crippen LogP contribution in [0.25, 0.3) is 0 Å². The van der Waals surface area contributed by atoms with E-state index in [9.17, 15) is 14.7 Å². The molecule has 0 aromatic rings. The molecule has 0 bridgehead atoms. The monoisotopic (exact) mass is 372 g/mol. The van der Waals surface area contributed by atoms with E-state index in [0.717, 1.165) is 19.3 Å². The Balaban J connectivity index is 2.60. The summed E-state index contributed by atoms with van der Waals surface area (Å²) in [7, 11) is 0. The second-order valence-corrected chi connectivity index (χ2v) is 8.42. The molecule has 0 saturated heterocycles. The number of aliphatic hydroxyl groups is 1. The van der Waals surface area contributed by atoms with E-state index in [1.165, 1.54) is 11.1 Å². The molecule has 0 radical (unpaired) electrons. The maximum absolute atomic E-state index is 12.5. The van der Waals surface area contributed by atoms with Crippen molar-refractivity contribution in [3.8, 4) is 0 Å². The van der Waals surface area contributed by atoms with E-state index < -0.39 is 5.60 Å². The second kappa shape index (κ2) is 9.98. The lowest BCUT2D eigenvalue weighted by molar-refractivity contribution is -0.116. The summed E-state index contributed by atoms with van der Waals surface area (Å²) in [6.45, 7) is 13.3. The topological polar surface area (TPSA) is 54.4 Å². The van der Waals surface area contributed by atoms with Crippen LogP contribution in [0, 0.1) is 0 Å². The van der Waals surface area contributed by atoms with E-state index in [4.69, 9.17) is 0 Å². The van der Waals surface area contributed by atoms with Crippen molar-refractivity contribution >= 4 is 11.6 Å². The van der Waals surface area contributed by atoms with Crippen LogP contribution in [0.15, 0.2) is 45.6 Å². The highest BCUT2D eigenvalue weighted by Crippen LogP contribution is 2.30. The van der Waals surface area contributed by atoms with Crippen LogP contribution in [-0.4, -0.2) is 22.3 Å². The van der Waals surface area contributed by atoms with Crippen molar-refractivity contribution in [1.29, 1.82) is 0 Å². The van der Waals surface area contributed by atoms with Gasteiger partial charge in [-0.3, -0.25) is 9.59 Å². The molecular weight excluding hydrogens is 336 g/mol. The van der Waals surface area contributed by atoms with Gasteiger partial charge in [-0.15, -0.1) is 0 Å². The highest BCUT2D eigenvalue weighted by Gasteiger charge is 2.29. The molecular formula is C24H36O3. The summed E-state index contributed by atoms with van der Waals surface area (Å²) in [5.41, 5.74) is 4.01. The molecule has 1 rings (SSSR count). The summed E-state index contributed by atoms with van der Waals surface area (Å²) in [6, 6.07) is 0. The molecule has 1 N–H and O–H groups in total. The van der Waals surface area contributed by atoms with Crippen LogP contribution in [0.4, 0.5) is 0 Å². The third kappa shape index (κ3) is 7.06. The van der Waals surface area contributed by atoms with Gasteiger partial charge in [0.2, 0.25) is 0 Å². The maximum Gasteiger partial charge on any atom is 0.185 e. The fraction of sp³-hybridized carbons (Fsp3) is 0.583. The van der Waals surface area contributed by atoms with Gasteiger partial charge >= 0.3 is 0 Å². The van der Waals surface area contributed by atoms with E-state index in [0.29, 0.717) is 41.6 Å². The maximum atomic E-state index is 12.5. The second-order valence-electron chi connectivity index (χ2n) is 8.42. The Hall–Kier alpha value is -1.74. The van der Waals surface area contributed by atoms with Gasteiger partial charge < -0.3 is 5.11 Å². The minimum absolute atomic E-state index is 0.0448. The largest absolute Gasteiger partial charge is 0.390 e. The van der Waals surface area contributed by atoms with Gasteiger partial charge in [0, 0.05) is 22.3 Å². The van der Waals surface area contributed by atoms with Crippen molar-refractivity contribution < 1.29 is 14.7 Å². The van der Waals surface area contributed by atoms with Gasteiger partial charge in [-0.1, -0.05) is 23.3 Å². The molecule has 1 atom stereocenters. The highest BCUT2D eigenvalue weighted by atomic mass is 16.3. The van der Waals surface area contributed by atoms with E-state index in [2.05, 4.69) is 32.9 Å². The number of Topliss-reactive ketones (excluding diaryl/α,β-unsaturated/α-hetero) is 2. The number of ketones is 2. The summed E-state index contributed by atoms with van der Waals surface area (Å²) in [4.78, 5) is 24.7. The van der Waals surface area contributed by atoms with Crippen LogP contribution < -0.4 is 0 Å². The van der Waals surface area contributed by atoms with E-state index in [-0.39, 0.29) is 11.6 Å². The van der Waals surface area contributed by atoms with Gasteiger partial charge in [-0.25, -0.2) is 0 Å². The first-order valence-corrected chi connectivity index (χ1v) is 9.94. The van der Waals surface area contributed by atoms with Gasteiger partial charge in [0.15, 0.2) is 11.6 Å². The lowest BCUT2D eigenvalue weighted by Gasteiger charge is -2.25. The molecule has 0 fully saturated rings. The van der Waals surface area contributed by atoms with Gasteiger partial charge in [0.05, 0.1) is 5.60 Å². The Morgan fingerprint density at radius 2 is 1.48 bits per heavy atom. The summed E-state index contributed by atoms with van der Waals surface area (Å²) >= 11 is 0. The molecule has 0 spiro atoms. The molecule has 0 aromatic carbocycles. The summed E-state index contributed by atoms with van der Waals surface area (Å²) in [5, 5.41) is 10.7. The summed E-state index contributed by atoms with van der Waals surface area (Å²) < 4.78 is 0. The zero-order chi connectivity index (χ0) is 20.8. The quantitative estimate of drug-likeness (QED) is 0.411. The number of carbonyl (C=O) groups is 2. The smallest absolute Gasteiger partial charge is 0.185 e. The van der Waals surface area contributed by atoms with Crippen LogP contribution in [0.2, 0.25) is 0 Å². The van der Waals surface area contributed by atoms with Crippen LogP contribution in [0.5, 0.6) is 0 Å². The van der Waals surface area contributed by atoms with E-state index in [1.54, 1.807) is 20.8 Å². The minimum atomic E-state index is -0.850. The van der Waals surface area contributed by atoms with Gasteiger partial charge in [-0.2, -0.15) is 0 Å². The molecule has 1 unspecified atom stereocenters. The highest BCUT2D eigenvalue weighted by molar-refractivity contribution is 6.24. The predicted octanol–water partition coefficient (Wildman–Crippen LogP) is 5.80. The first-order valence-electron chi connectivity index (χ1n) is 9.94. The number of hydrogen-bond acceptors (Lipinski definition) is 3. The van der Waals surface area contributed by atoms with Crippen molar-refractivity contribution in [2.45, 2.75) is 92.6 Å². The fourth-order valence-corrected chi connectivity index (χ4v) is 3.30. The van der Waals surface area contributed by atoms with Gasteiger partial charge in [0.25, 0.3) is 0 Å². The number of allylic oxidation sites excluding steroid dienone is 8. The molecule has 0 aliphatic heterocycles. The van der Waals surface area contributed by atoms with Crippen molar-refractivity contribution in [3.63, 3.8) is 0 Å². The average molecular weight is 373 g/mol. The lowest BCUT2D eigenvalue weighted by atomic mass is 9.82. The average Bonchev–Trinajstić information content (AvgIpc) is 2.57. The first kappa shape index (κ1) is 23.3. The summed E-state index contributed by atoms with van der Waals surface area (Å²) in [5.74, 6) is -0.0907. The Labute approximate surface area is 164 Å². The van der Waals surface area contributed by atoms with Crippen LogP contribution in [-0.2, 0) is 9.59 Å². The van der Waals surface area contributed by atoms with Crippen molar-refractivity contribution in [2.24, 2.45) is 0 Å². The minimum Gasteiger partial charge on any atom is -0.390 e. The molecule has 1 aliphatic rings. The zero-order valence-electron chi connectivity index (χ0n) is 18.2. The van der Waals surface area contributed by atoms with Crippen LogP contribution in [0.3, 0.4) is 0 Å². The van der Waals surface area contributed by atoms with Crippen LogP contribution >= 0.6 is 0 Å². The lowest BCUT2D eigenvalue weighted by Crippen LogP contribution is -2.26. The molecule has 0 saturated carbocycles. The third-order valence-electron chi connectivity index (χ3n) is 5.49. The SMILES string of the molecule is CC(C)=CCC/C(C)=C/CCC(C)(O)CCC1=C(C)C(=O)C(C)=C(C)C1=O. The molecule has 1 aliphatic carbocycles. The number of hydrogen-bond donors (Lipinski definition) is 1. The Kier molecular flexibility index (Phi) is 8.61. The fourth-order valence-electron chi connectivity index (χ4n) is 3.30. The summed E-state index contributed by atoms with van der Waals surface area (Å²) in [6.07, 6.45) is 8.92. The Morgan fingerprint density at radius 3 is 2.07 bits per heavy atom. The van der Waals surface area contributed by atoms with Crippen molar-refractivity contribution in [2.75, 3.05) is 0 Å². The standard InChI is InChI=1S/C24H36O3/c1-16(2)10-8-11-17(3)12-9-14-24(7,27)15-13-21-20(6)22(25)18(4)19(5)23(21)26/h10,12,27H,8-9,11,13-15H2,1-7H3/b17-12+. The molecule has 150 valence electrons. The van der Waals surface area contributed by atoms with E-state index in [1.807, 2.05) is 6.92 Å². The number of rotatable bonds is 9. The molecule has 27 heavy (non-hydrogen) atoms. The van der Waals surface area contributed by atoms with Gasteiger partial charge in [0.1, 0.15) is 0 Å². The third-order valence-corrected chi connectivity index (χ3v) is 5.49. The van der Waals surface area contributed by atoms with Crippen LogP contribution in [0.1, 0.15) is 87.0 Å². The molecule has 0 aromatic heterocycles. The molecule has 3 nitrogen and oxygen atoms in total. The molecule has 0 amide bonds. The Morgan fingerprint density at radius 1 is 0.889 bits per heavy atom. The van der Waals surface area contributed by atoms with Gasteiger partial charge in [-0.05, 0) is 87.0 Å². The molecule has 3 heteroatoms. The van der Waals surface area contributed by atoms with Crippen molar-refractivity contribution in [3.05, 3.63) is 45.6 Å². The zero-order valence-corrected chi connectivity index (χ0v) is 18.2. The number of carbonyl (C=O) groups excluding carboxylic acids is 2. The molecule has 0 heterocycles. The predicted molar refractivity (Wildman–Crippen MR) is 113 cm³/mol. The Bertz CT molecular complexity index is 708. The van der Waals surface area contributed by atoms with Crippen molar-refractivity contribution in [1.82, 2.24) is 0 Å². The normalized spacial score (nSPS) is 18.1.